The van der Waals surface area contributed by atoms with Gasteiger partial charge in [0.25, 0.3) is 15.8 Å². The van der Waals surface area contributed by atoms with Crippen molar-refractivity contribution < 1.29 is 26.7 Å². The smallest absolute Gasteiger partial charge is 0.267 e. The predicted octanol–water partition coefficient (Wildman–Crippen LogP) is 3.81. The van der Waals surface area contributed by atoms with E-state index >= 15 is 0 Å². The van der Waals surface area contributed by atoms with Gasteiger partial charge in [-0.1, -0.05) is 6.07 Å². The number of hydrogen-bond donors (Lipinski definition) is 1. The van der Waals surface area contributed by atoms with Crippen molar-refractivity contribution in [2.45, 2.75) is 36.4 Å². The molecule has 0 aromatic heterocycles. The fourth-order valence-corrected chi connectivity index (χ4v) is 4.41. The molecule has 1 heterocycles. The van der Waals surface area contributed by atoms with Crippen LogP contribution in [-0.2, 0) is 10.0 Å². The summed E-state index contributed by atoms with van der Waals surface area (Å²) in [5, 5.41) is 0. The molecule has 8 heteroatoms. The van der Waals surface area contributed by atoms with Crippen LogP contribution in [0.1, 0.15) is 25.7 Å². The van der Waals surface area contributed by atoms with Gasteiger partial charge in [0.1, 0.15) is 11.6 Å². The molecule has 0 saturated heterocycles. The lowest BCUT2D eigenvalue weighted by molar-refractivity contribution is -0.0716. The van der Waals surface area contributed by atoms with E-state index in [-0.39, 0.29) is 5.69 Å². The summed E-state index contributed by atoms with van der Waals surface area (Å²) in [5.74, 6) is -2.04. The quantitative estimate of drug-likeness (QED) is 0.896. The fourth-order valence-electron chi connectivity index (χ4n) is 3.22. The minimum atomic E-state index is -4.42. The van der Waals surface area contributed by atoms with Gasteiger partial charge in [0.2, 0.25) is 0 Å². The van der Waals surface area contributed by atoms with E-state index in [4.69, 9.17) is 9.47 Å². The highest BCUT2D eigenvalue weighted by molar-refractivity contribution is 7.92. The van der Waals surface area contributed by atoms with Crippen LogP contribution in [0.5, 0.6) is 11.5 Å². The Balaban J connectivity index is 1.62. The standard InChI is InChI=1S/C17H15F2NO4S/c18-12-4-3-5-13(19)16(12)25(21,22)20-11-6-7-14-15(10-11)24-17(23-14)8-1-2-9-17/h3-7,10,20H,1-2,8-9H2. The van der Waals surface area contributed by atoms with Crippen LogP contribution in [0.4, 0.5) is 14.5 Å². The highest BCUT2D eigenvalue weighted by Crippen LogP contribution is 2.47. The third-order valence-electron chi connectivity index (χ3n) is 4.34. The average molecular weight is 367 g/mol. The number of nitrogens with one attached hydrogen (secondary N) is 1. The third-order valence-corrected chi connectivity index (χ3v) is 5.77. The molecule has 0 unspecified atom stereocenters. The van der Waals surface area contributed by atoms with Crippen LogP contribution in [-0.4, -0.2) is 14.2 Å². The Morgan fingerprint density at radius 2 is 1.60 bits per heavy atom. The minimum absolute atomic E-state index is 0.139. The van der Waals surface area contributed by atoms with Crippen LogP contribution in [0.2, 0.25) is 0 Å². The molecule has 1 N–H and O–H groups in total. The average Bonchev–Trinajstić information content (AvgIpc) is 3.12. The molecule has 1 aliphatic heterocycles. The van der Waals surface area contributed by atoms with Crippen molar-refractivity contribution in [2.24, 2.45) is 0 Å². The number of rotatable bonds is 3. The summed E-state index contributed by atoms with van der Waals surface area (Å²) in [6, 6.07) is 7.39. The number of ether oxygens (including phenoxy) is 2. The molecule has 0 atom stereocenters. The van der Waals surface area contributed by atoms with Gasteiger partial charge in [-0.05, 0) is 37.1 Å². The van der Waals surface area contributed by atoms with Crippen LogP contribution in [0.15, 0.2) is 41.3 Å². The monoisotopic (exact) mass is 367 g/mol. The summed E-state index contributed by atoms with van der Waals surface area (Å²) in [7, 11) is -4.42. The molecule has 2 aromatic rings. The summed E-state index contributed by atoms with van der Waals surface area (Å²) in [6.07, 6.45) is 3.53. The van der Waals surface area contributed by atoms with E-state index in [1.807, 2.05) is 0 Å². The second-order valence-electron chi connectivity index (χ2n) is 6.14. The van der Waals surface area contributed by atoms with E-state index in [2.05, 4.69) is 4.72 Å². The highest BCUT2D eigenvalue weighted by Gasteiger charge is 2.44. The number of anilines is 1. The predicted molar refractivity (Wildman–Crippen MR) is 86.1 cm³/mol. The van der Waals surface area contributed by atoms with E-state index in [0.717, 1.165) is 43.9 Å². The van der Waals surface area contributed by atoms with Crippen molar-refractivity contribution in [1.29, 1.82) is 0 Å². The van der Waals surface area contributed by atoms with Crippen LogP contribution in [0, 0.1) is 11.6 Å². The molecule has 1 spiro atoms. The number of sulfonamides is 1. The lowest BCUT2D eigenvalue weighted by Crippen LogP contribution is -2.34. The zero-order valence-corrected chi connectivity index (χ0v) is 13.9. The van der Waals surface area contributed by atoms with Gasteiger partial charge in [-0.15, -0.1) is 0 Å². The molecule has 5 nitrogen and oxygen atoms in total. The zero-order valence-electron chi connectivity index (χ0n) is 13.1. The first kappa shape index (κ1) is 16.1. The van der Waals surface area contributed by atoms with E-state index in [9.17, 15) is 17.2 Å². The molecule has 1 saturated carbocycles. The van der Waals surface area contributed by atoms with Gasteiger partial charge in [0.05, 0.1) is 5.69 Å². The molecule has 0 bridgehead atoms. The summed E-state index contributed by atoms with van der Waals surface area (Å²) < 4.78 is 66.1. The molecular formula is C17H15F2NO4S. The lowest BCUT2D eigenvalue weighted by atomic mass is 10.2. The normalized spacial score (nSPS) is 17.8. The first-order valence-corrected chi connectivity index (χ1v) is 9.36. The number of fused-ring (bicyclic) bond motifs is 1. The topological polar surface area (TPSA) is 64.6 Å². The Hall–Kier alpha value is -2.35. The highest BCUT2D eigenvalue weighted by atomic mass is 32.2. The van der Waals surface area contributed by atoms with Crippen molar-refractivity contribution in [2.75, 3.05) is 4.72 Å². The van der Waals surface area contributed by atoms with Gasteiger partial charge in [-0.2, -0.15) is 0 Å². The Labute approximate surface area is 143 Å². The molecule has 2 aliphatic rings. The van der Waals surface area contributed by atoms with E-state index in [1.54, 1.807) is 6.07 Å². The molecule has 25 heavy (non-hydrogen) atoms. The molecule has 4 rings (SSSR count). The second-order valence-corrected chi connectivity index (χ2v) is 7.76. The van der Waals surface area contributed by atoms with E-state index < -0.39 is 32.3 Å². The van der Waals surface area contributed by atoms with Gasteiger partial charge in [0, 0.05) is 18.9 Å². The van der Waals surface area contributed by atoms with Gasteiger partial charge >= 0.3 is 0 Å². The summed E-state index contributed by atoms with van der Waals surface area (Å²) in [4.78, 5) is -1.01. The van der Waals surface area contributed by atoms with Crippen LogP contribution < -0.4 is 14.2 Å². The fraction of sp³-hybridized carbons (Fsp3) is 0.294. The molecule has 0 amide bonds. The van der Waals surface area contributed by atoms with Crippen molar-refractivity contribution in [3.63, 3.8) is 0 Å². The van der Waals surface area contributed by atoms with Crippen LogP contribution in [0.25, 0.3) is 0 Å². The number of halogens is 2. The van der Waals surface area contributed by atoms with Gasteiger partial charge in [-0.3, -0.25) is 4.72 Å². The van der Waals surface area contributed by atoms with Crippen molar-refractivity contribution in [3.8, 4) is 11.5 Å². The Morgan fingerprint density at radius 1 is 0.960 bits per heavy atom. The van der Waals surface area contributed by atoms with Crippen molar-refractivity contribution in [1.82, 2.24) is 0 Å². The van der Waals surface area contributed by atoms with E-state index in [0.29, 0.717) is 11.5 Å². The Morgan fingerprint density at radius 3 is 2.28 bits per heavy atom. The maximum atomic E-state index is 13.8. The largest absolute Gasteiger partial charge is 0.448 e. The minimum Gasteiger partial charge on any atom is -0.448 e. The molecule has 1 aliphatic carbocycles. The van der Waals surface area contributed by atoms with E-state index in [1.165, 1.54) is 12.1 Å². The van der Waals surface area contributed by atoms with Gasteiger partial charge in [-0.25, -0.2) is 17.2 Å². The second kappa shape index (κ2) is 5.59. The number of hydrogen-bond acceptors (Lipinski definition) is 4. The molecule has 1 fully saturated rings. The summed E-state index contributed by atoms with van der Waals surface area (Å²) in [6.45, 7) is 0. The third kappa shape index (κ3) is 2.80. The molecular weight excluding hydrogens is 352 g/mol. The van der Waals surface area contributed by atoms with Crippen LogP contribution in [0.3, 0.4) is 0 Å². The molecule has 2 aromatic carbocycles. The zero-order chi connectivity index (χ0) is 17.7. The SMILES string of the molecule is O=S(=O)(Nc1ccc2c(c1)OC1(CCCC1)O2)c1c(F)cccc1F. The summed E-state index contributed by atoms with van der Waals surface area (Å²) in [5.41, 5.74) is 0.139. The van der Waals surface area contributed by atoms with Crippen molar-refractivity contribution in [3.05, 3.63) is 48.0 Å². The Kier molecular flexibility index (Phi) is 3.61. The summed E-state index contributed by atoms with van der Waals surface area (Å²) >= 11 is 0. The first-order valence-electron chi connectivity index (χ1n) is 7.88. The van der Waals surface area contributed by atoms with Gasteiger partial charge < -0.3 is 9.47 Å². The lowest BCUT2D eigenvalue weighted by Gasteiger charge is -2.21. The van der Waals surface area contributed by atoms with Crippen LogP contribution >= 0.6 is 0 Å². The first-order chi connectivity index (χ1) is 11.9. The van der Waals surface area contributed by atoms with Gasteiger partial charge in [0.15, 0.2) is 16.4 Å². The molecule has 132 valence electrons. The Bertz CT molecular complexity index is 919. The molecule has 0 radical (unpaired) electrons. The number of benzene rings is 2. The maximum absolute atomic E-state index is 13.8. The maximum Gasteiger partial charge on any atom is 0.267 e. The van der Waals surface area contributed by atoms with Crippen molar-refractivity contribution >= 4 is 15.7 Å².